The van der Waals surface area contributed by atoms with Crippen molar-refractivity contribution in [1.82, 2.24) is 9.55 Å². The highest BCUT2D eigenvalue weighted by Gasteiger charge is 2.36. The lowest BCUT2D eigenvalue weighted by Crippen LogP contribution is -2.33. The fraction of sp³-hybridized carbons (Fsp3) is 0.346. The number of nitrogens with one attached hydrogen (secondary N) is 1. The topological polar surface area (TPSA) is 101 Å². The van der Waals surface area contributed by atoms with Crippen molar-refractivity contribution in [2.24, 2.45) is 0 Å². The Labute approximate surface area is 195 Å². The van der Waals surface area contributed by atoms with Crippen LogP contribution in [-0.4, -0.2) is 32.6 Å². The quantitative estimate of drug-likeness (QED) is 0.555. The first-order valence-corrected chi connectivity index (χ1v) is 11.3. The van der Waals surface area contributed by atoms with Crippen LogP contribution in [0.3, 0.4) is 0 Å². The Hall–Kier alpha value is -3.36. The van der Waals surface area contributed by atoms with Gasteiger partial charge in [-0.05, 0) is 30.5 Å². The van der Waals surface area contributed by atoms with Crippen LogP contribution < -0.4 is 11.2 Å². The van der Waals surface area contributed by atoms with Crippen LogP contribution in [0.4, 0.5) is 4.39 Å². The number of halogens is 1. The van der Waals surface area contributed by atoms with Gasteiger partial charge in [0.25, 0.3) is 5.56 Å². The van der Waals surface area contributed by atoms with Crippen LogP contribution >= 0.6 is 0 Å². The van der Waals surface area contributed by atoms with Crippen LogP contribution in [0, 0.1) is 12.7 Å². The average molecular weight is 467 g/mol. The molecule has 1 fully saturated rings. The van der Waals surface area contributed by atoms with Gasteiger partial charge in [-0.3, -0.25) is 19.1 Å². The van der Waals surface area contributed by atoms with E-state index in [2.05, 4.69) is 4.98 Å². The lowest BCUT2D eigenvalue weighted by atomic mass is 9.91. The van der Waals surface area contributed by atoms with Crippen LogP contribution in [0.1, 0.15) is 49.5 Å². The molecule has 2 N–H and O–H groups in total. The molecule has 0 saturated carbocycles. The number of ether oxygens (including phenoxy) is 1. The van der Waals surface area contributed by atoms with Gasteiger partial charge in [-0.25, -0.2) is 9.18 Å². The normalized spacial score (nSPS) is 20.9. The molecule has 178 valence electrons. The Kier molecular flexibility index (Phi) is 6.90. The molecule has 1 aliphatic heterocycles. The molecule has 3 aromatic rings. The number of benzene rings is 2. The third-order valence-electron chi connectivity index (χ3n) is 6.40. The first-order valence-electron chi connectivity index (χ1n) is 11.3. The highest BCUT2D eigenvalue weighted by atomic mass is 19.1. The first kappa shape index (κ1) is 23.8. The van der Waals surface area contributed by atoms with E-state index in [0.29, 0.717) is 16.7 Å². The second-order valence-electron chi connectivity index (χ2n) is 8.74. The van der Waals surface area contributed by atoms with Gasteiger partial charge < -0.3 is 9.84 Å². The van der Waals surface area contributed by atoms with Crippen molar-refractivity contribution in [2.45, 2.75) is 57.5 Å². The second-order valence-corrected chi connectivity index (χ2v) is 8.74. The van der Waals surface area contributed by atoms with Crippen LogP contribution in [0.5, 0.6) is 0 Å². The number of rotatable bonds is 7. The molecule has 1 aromatic heterocycles. The molecule has 8 heteroatoms. The molecular weight excluding hydrogens is 439 g/mol. The summed E-state index contributed by atoms with van der Waals surface area (Å²) in [5.74, 6) is -0.997. The van der Waals surface area contributed by atoms with E-state index in [9.17, 15) is 23.9 Å². The largest absolute Gasteiger partial charge is 0.390 e. The van der Waals surface area contributed by atoms with E-state index in [-0.39, 0.29) is 30.9 Å². The highest BCUT2D eigenvalue weighted by Crippen LogP contribution is 2.32. The van der Waals surface area contributed by atoms with Gasteiger partial charge in [0.2, 0.25) is 0 Å². The maximum absolute atomic E-state index is 14.7. The predicted octanol–water partition coefficient (Wildman–Crippen LogP) is 3.45. The number of aromatic amines is 1. The Balaban J connectivity index is 1.39. The van der Waals surface area contributed by atoms with Crippen molar-refractivity contribution in [3.05, 3.63) is 92.5 Å². The second kappa shape index (κ2) is 9.87. The van der Waals surface area contributed by atoms with Crippen molar-refractivity contribution >= 4 is 5.78 Å². The van der Waals surface area contributed by atoms with Gasteiger partial charge >= 0.3 is 5.69 Å². The summed E-state index contributed by atoms with van der Waals surface area (Å²) < 4.78 is 21.8. The number of carbonyl (C=O) groups excluding carboxylic acids is 1. The summed E-state index contributed by atoms with van der Waals surface area (Å²) >= 11 is 0. The van der Waals surface area contributed by atoms with E-state index in [4.69, 9.17) is 4.74 Å². The number of aromatic nitrogens is 2. The average Bonchev–Trinajstić information content (AvgIpc) is 3.19. The molecule has 2 heterocycles. The van der Waals surface area contributed by atoms with Crippen molar-refractivity contribution in [3.8, 4) is 11.1 Å². The van der Waals surface area contributed by atoms with Gasteiger partial charge in [-0.2, -0.15) is 0 Å². The summed E-state index contributed by atoms with van der Waals surface area (Å²) in [4.78, 5) is 38.7. The Morgan fingerprint density at radius 2 is 1.97 bits per heavy atom. The molecule has 2 aromatic carbocycles. The van der Waals surface area contributed by atoms with Gasteiger partial charge in [0, 0.05) is 36.1 Å². The number of aryl methyl sites for hydroxylation is 1. The number of nitrogens with zero attached hydrogens (tertiary/aromatic N) is 1. The Morgan fingerprint density at radius 3 is 2.68 bits per heavy atom. The third-order valence-corrected chi connectivity index (χ3v) is 6.40. The lowest BCUT2D eigenvalue weighted by molar-refractivity contribution is -0.121. The fourth-order valence-corrected chi connectivity index (χ4v) is 4.29. The number of H-pyrrole nitrogens is 1. The van der Waals surface area contributed by atoms with E-state index < -0.39 is 35.6 Å². The number of hydrogen-bond acceptors (Lipinski definition) is 5. The molecular formula is C26H27FN2O5. The van der Waals surface area contributed by atoms with Crippen LogP contribution in [0.2, 0.25) is 0 Å². The molecule has 0 bridgehead atoms. The Morgan fingerprint density at radius 1 is 1.24 bits per heavy atom. The molecule has 4 rings (SSSR count). The van der Waals surface area contributed by atoms with Gasteiger partial charge in [0.15, 0.2) is 0 Å². The zero-order chi connectivity index (χ0) is 24.4. The molecule has 0 amide bonds. The number of hydrogen-bond donors (Lipinski definition) is 2. The Bertz CT molecular complexity index is 1300. The van der Waals surface area contributed by atoms with Crippen LogP contribution in [-0.2, 0) is 9.53 Å². The number of Topliss-reactive ketones (excluding diaryl/α,β-unsaturated/α-hetero) is 1. The SMILES string of the molecule is Cc1cn([C@H]2C[C@H](O)[C@@H](CCC(=O)C(C)c3ccc(-c4ccccc4)c(F)c3)O2)c(=O)[nH]c1=O. The zero-order valence-corrected chi connectivity index (χ0v) is 19.0. The molecule has 0 spiro atoms. The van der Waals surface area contributed by atoms with Crippen molar-refractivity contribution in [3.63, 3.8) is 0 Å². The standard InChI is InChI=1S/C26H27FN2O5/c1-15-14-29(26(33)28-25(15)32)24-13-22(31)23(34-24)11-10-21(30)16(2)18-8-9-19(20(27)12-18)17-6-4-3-5-7-17/h3-9,12,14,16,22-24,31H,10-11,13H2,1-2H3,(H,28,32,33)/t16?,22-,23+,24+/m0/s1. The summed E-state index contributed by atoms with van der Waals surface area (Å²) in [6.07, 6.45) is -0.226. The zero-order valence-electron chi connectivity index (χ0n) is 19.0. The maximum Gasteiger partial charge on any atom is 0.330 e. The maximum atomic E-state index is 14.7. The first-order chi connectivity index (χ1) is 16.2. The van der Waals surface area contributed by atoms with Gasteiger partial charge in [0.1, 0.15) is 17.8 Å². The van der Waals surface area contributed by atoms with E-state index in [1.807, 2.05) is 30.3 Å². The van der Waals surface area contributed by atoms with Crippen LogP contribution in [0.25, 0.3) is 11.1 Å². The van der Waals surface area contributed by atoms with Gasteiger partial charge in [0.05, 0.1) is 12.2 Å². The molecule has 34 heavy (non-hydrogen) atoms. The van der Waals surface area contributed by atoms with E-state index >= 15 is 0 Å². The van der Waals surface area contributed by atoms with Crippen molar-refractivity contribution in [1.29, 1.82) is 0 Å². The number of ketones is 1. The summed E-state index contributed by atoms with van der Waals surface area (Å²) in [6.45, 7) is 3.31. The highest BCUT2D eigenvalue weighted by molar-refractivity contribution is 5.85. The fourth-order valence-electron chi connectivity index (χ4n) is 4.29. The van der Waals surface area contributed by atoms with E-state index in [1.165, 1.54) is 16.8 Å². The van der Waals surface area contributed by atoms with Crippen molar-refractivity contribution < 1.29 is 19.0 Å². The smallest absolute Gasteiger partial charge is 0.330 e. The molecule has 1 aliphatic rings. The minimum absolute atomic E-state index is 0.0943. The monoisotopic (exact) mass is 466 g/mol. The lowest BCUT2D eigenvalue weighted by Gasteiger charge is -2.17. The summed E-state index contributed by atoms with van der Waals surface area (Å²) in [7, 11) is 0. The molecule has 1 saturated heterocycles. The number of carbonyl (C=O) groups is 1. The van der Waals surface area contributed by atoms with Crippen molar-refractivity contribution in [2.75, 3.05) is 0 Å². The molecule has 0 aliphatic carbocycles. The predicted molar refractivity (Wildman–Crippen MR) is 125 cm³/mol. The van der Waals surface area contributed by atoms with Gasteiger partial charge in [-0.1, -0.05) is 49.4 Å². The number of aliphatic hydroxyl groups is 1. The van der Waals surface area contributed by atoms with Gasteiger partial charge in [-0.15, -0.1) is 0 Å². The van der Waals surface area contributed by atoms with E-state index in [1.54, 1.807) is 26.0 Å². The molecule has 0 radical (unpaired) electrons. The summed E-state index contributed by atoms with van der Waals surface area (Å²) in [6, 6.07) is 14.0. The minimum atomic E-state index is -0.852. The summed E-state index contributed by atoms with van der Waals surface area (Å²) in [5.41, 5.74) is 1.11. The summed E-state index contributed by atoms with van der Waals surface area (Å²) in [5, 5.41) is 10.4. The van der Waals surface area contributed by atoms with Crippen LogP contribution in [0.15, 0.2) is 64.3 Å². The third kappa shape index (κ3) is 4.93. The van der Waals surface area contributed by atoms with E-state index in [0.717, 1.165) is 5.56 Å². The number of aliphatic hydroxyl groups excluding tert-OH is 1. The molecule has 7 nitrogen and oxygen atoms in total. The molecule has 1 unspecified atom stereocenters. The minimum Gasteiger partial charge on any atom is -0.390 e. The molecule has 4 atom stereocenters.